The minimum Gasteiger partial charge on any atom is -0.208 e. The number of nitrogens with zero attached hydrogens (tertiary/aromatic N) is 3. The predicted molar refractivity (Wildman–Crippen MR) is 236 cm³/mol. The van der Waals surface area contributed by atoms with Crippen LogP contribution in [0.3, 0.4) is 0 Å². The highest BCUT2D eigenvalue weighted by Crippen LogP contribution is 2.46. The van der Waals surface area contributed by atoms with E-state index in [4.69, 9.17) is 15.1 Å². The zero-order valence-electron chi connectivity index (χ0n) is 46.4. The Hall–Kier alpha value is -7.01. The highest BCUT2D eigenvalue weighted by molar-refractivity contribution is 7.26. The Morgan fingerprint density at radius 3 is 1.73 bits per heavy atom. The first-order chi connectivity index (χ1) is 34.7. The second-order valence-electron chi connectivity index (χ2n) is 12.7. The van der Waals surface area contributed by atoms with Crippen LogP contribution in [0.5, 0.6) is 0 Å². The molecule has 0 aliphatic rings. The van der Waals surface area contributed by atoms with Crippen molar-refractivity contribution in [3.05, 3.63) is 199 Å². The Labute approximate surface area is 354 Å². The molecule has 0 N–H and O–H groups in total. The number of fused-ring (bicyclic) bond motifs is 3. The van der Waals surface area contributed by atoms with Crippen LogP contribution in [0.4, 0.5) is 0 Å². The first kappa shape index (κ1) is 20.1. The molecule has 10 aromatic rings. The molecule has 264 valence electrons. The molecule has 10 rings (SSSR count). The lowest BCUT2D eigenvalue weighted by Crippen LogP contribution is -2.00. The van der Waals surface area contributed by atoms with Crippen LogP contribution in [0.15, 0.2) is 194 Å². The molecule has 56 heavy (non-hydrogen) atoms. The van der Waals surface area contributed by atoms with E-state index in [0.29, 0.717) is 10.3 Å². The molecule has 0 atom stereocenters. The zero-order valence-corrected chi connectivity index (χ0v) is 30.2. The molecule has 3 nitrogen and oxygen atoms in total. The van der Waals surface area contributed by atoms with Gasteiger partial charge in [-0.05, 0) is 64.0 Å². The van der Waals surface area contributed by atoms with E-state index in [2.05, 4.69) is 27.1 Å². The topological polar surface area (TPSA) is 38.7 Å². The van der Waals surface area contributed by atoms with Gasteiger partial charge in [0.2, 0.25) is 0 Å². The van der Waals surface area contributed by atoms with E-state index in [9.17, 15) is 8.22 Å². The van der Waals surface area contributed by atoms with Gasteiger partial charge < -0.3 is 0 Å². The summed E-state index contributed by atoms with van der Waals surface area (Å²) in [5, 5.41) is 1.67. The molecule has 0 radical (unpaired) electrons. The van der Waals surface area contributed by atoms with Crippen LogP contribution in [-0.4, -0.2) is 15.0 Å². The molecular formula is C52H35N3S. The lowest BCUT2D eigenvalue weighted by molar-refractivity contribution is 1.07. The predicted octanol–water partition coefficient (Wildman–Crippen LogP) is 14.2. The Morgan fingerprint density at radius 1 is 0.393 bits per heavy atom. The summed E-state index contributed by atoms with van der Waals surface area (Å²) in [6.07, 6.45) is 0. The van der Waals surface area contributed by atoms with Crippen molar-refractivity contribution in [3.63, 3.8) is 0 Å². The summed E-state index contributed by atoms with van der Waals surface area (Å²) in [4.78, 5) is 13.4. The number of hydrogen-bond acceptors (Lipinski definition) is 4. The van der Waals surface area contributed by atoms with Crippen molar-refractivity contribution in [3.8, 4) is 78.7 Å². The van der Waals surface area contributed by atoms with Crippen LogP contribution in [0.1, 0.15) is 28.9 Å². The number of rotatable bonds is 7. The molecule has 4 heteroatoms. The van der Waals surface area contributed by atoms with E-state index in [1.807, 2.05) is 66.7 Å². The van der Waals surface area contributed by atoms with E-state index < -0.39 is 148 Å². The van der Waals surface area contributed by atoms with E-state index in [0.717, 1.165) is 37.7 Å². The molecule has 0 aliphatic carbocycles. The molecular weight excluding hydrogens is 699 g/mol. The smallest absolute Gasteiger partial charge is 0.164 e. The molecule has 0 spiro atoms. The van der Waals surface area contributed by atoms with Gasteiger partial charge in [-0.25, -0.2) is 15.0 Å². The molecule has 0 amide bonds. The fraction of sp³-hybridized carbons (Fsp3) is 0.0192. The standard InChI is InChI=1S/C52H35N3S/c1-34-14-11-21-40(30-34)36-26-28-39(29-27-36)51-53-50(38-19-9-4-10-20-38)54-52(55-51)42-23-12-22-41(31-42)44-24-13-25-45-47-33-43(35-15-5-2-6-16-35)32-46(49(47)56-48(44)45)37-17-7-3-8-18-37/h2-33H,1H3/i4D,9D,10D,11D,12D,14D,19D,20D,21D,22D,23D,26D,27D,28D,29D,30D,31D. The lowest BCUT2D eigenvalue weighted by Gasteiger charge is -2.10. The molecule has 2 heterocycles. The van der Waals surface area contributed by atoms with Crippen LogP contribution in [0.25, 0.3) is 98.8 Å². The molecule has 0 saturated carbocycles. The SMILES string of the molecule is [2H]c1c([2H])c([2H])c(-c2nc(-c3c([2H])c([2H])c(-c4c([2H])c([2H])c([2H])c(C)c4[2H])c([2H])c3[2H])nc(-c3c([2H])c([2H])c([2H])c(-c4cccc5c4sc4c(-c6ccccc6)cc(-c6ccccc6)cc45)c3[2H])n2)c([2H])c1[2H]. The Bertz CT molecular complexity index is 3930. The maximum absolute atomic E-state index is 9.85. The van der Waals surface area contributed by atoms with Crippen LogP contribution in [0, 0.1) is 6.92 Å². The van der Waals surface area contributed by atoms with Crippen molar-refractivity contribution in [2.75, 3.05) is 0 Å². The van der Waals surface area contributed by atoms with Gasteiger partial charge in [-0.3, -0.25) is 0 Å². The van der Waals surface area contributed by atoms with Crippen LogP contribution < -0.4 is 0 Å². The molecule has 0 bridgehead atoms. The van der Waals surface area contributed by atoms with Gasteiger partial charge >= 0.3 is 0 Å². The average molecular weight is 751 g/mol. The van der Waals surface area contributed by atoms with E-state index in [-0.39, 0.29) is 11.1 Å². The van der Waals surface area contributed by atoms with Gasteiger partial charge in [-0.15, -0.1) is 11.3 Å². The van der Waals surface area contributed by atoms with Crippen molar-refractivity contribution >= 4 is 31.5 Å². The fourth-order valence-electron chi connectivity index (χ4n) is 6.50. The summed E-state index contributed by atoms with van der Waals surface area (Å²) in [6.45, 7) is 1.36. The molecule has 0 unspecified atom stereocenters. The third-order valence-corrected chi connectivity index (χ3v) is 10.4. The summed E-state index contributed by atoms with van der Waals surface area (Å²) < 4.78 is 153. The molecule has 0 aliphatic heterocycles. The van der Waals surface area contributed by atoms with Crippen molar-refractivity contribution in [1.82, 2.24) is 15.0 Å². The van der Waals surface area contributed by atoms with Gasteiger partial charge in [-0.1, -0.05) is 181 Å². The Kier molecular flexibility index (Phi) is 5.13. The van der Waals surface area contributed by atoms with Gasteiger partial charge in [0.25, 0.3) is 0 Å². The molecule has 2 aromatic heterocycles. The van der Waals surface area contributed by atoms with E-state index in [1.165, 1.54) is 18.3 Å². The maximum atomic E-state index is 9.85. The molecule has 0 fully saturated rings. The third kappa shape index (κ3) is 6.36. The summed E-state index contributed by atoms with van der Waals surface area (Å²) in [5.41, 5.74) is 1.47. The lowest BCUT2D eigenvalue weighted by atomic mass is 9.95. The second-order valence-corrected chi connectivity index (χ2v) is 13.7. The highest BCUT2D eigenvalue weighted by Gasteiger charge is 2.18. The van der Waals surface area contributed by atoms with Gasteiger partial charge in [0.15, 0.2) is 17.5 Å². The zero-order chi connectivity index (χ0) is 52.2. The normalized spacial score (nSPS) is 15.6. The van der Waals surface area contributed by atoms with Gasteiger partial charge in [0.1, 0.15) is 0 Å². The fourth-order valence-corrected chi connectivity index (χ4v) is 7.84. The van der Waals surface area contributed by atoms with Gasteiger partial charge in [-0.2, -0.15) is 0 Å². The quantitative estimate of drug-likeness (QED) is 0.163. The average Bonchev–Trinajstić information content (AvgIpc) is 3.78. The number of benzene rings is 8. The first-order valence-electron chi connectivity index (χ1n) is 26.0. The Balaban J connectivity index is 1.26. The van der Waals surface area contributed by atoms with Crippen LogP contribution in [-0.2, 0) is 0 Å². The number of thiophene rings is 1. The summed E-state index contributed by atoms with van der Waals surface area (Å²) in [6, 6.07) is 17.8. The molecule has 8 aromatic carbocycles. The monoisotopic (exact) mass is 750 g/mol. The molecule has 0 saturated heterocycles. The first-order valence-corrected chi connectivity index (χ1v) is 18.3. The van der Waals surface area contributed by atoms with Crippen LogP contribution >= 0.6 is 11.3 Å². The van der Waals surface area contributed by atoms with E-state index >= 15 is 0 Å². The van der Waals surface area contributed by atoms with Gasteiger partial charge in [0, 0.05) is 42.4 Å². The Morgan fingerprint density at radius 2 is 0.982 bits per heavy atom. The van der Waals surface area contributed by atoms with Gasteiger partial charge in [0.05, 0.1) is 23.3 Å². The second kappa shape index (κ2) is 14.3. The van der Waals surface area contributed by atoms with Crippen molar-refractivity contribution in [2.24, 2.45) is 0 Å². The minimum atomic E-state index is -0.819. The highest BCUT2D eigenvalue weighted by atomic mass is 32.1. The van der Waals surface area contributed by atoms with Crippen molar-refractivity contribution < 1.29 is 23.3 Å². The number of hydrogen-bond donors (Lipinski definition) is 0. The number of aromatic nitrogens is 3. The largest absolute Gasteiger partial charge is 0.208 e. The minimum absolute atomic E-state index is 0.0377. The van der Waals surface area contributed by atoms with E-state index in [1.54, 1.807) is 12.1 Å². The summed E-state index contributed by atoms with van der Waals surface area (Å²) in [5.74, 6) is -1.90. The maximum Gasteiger partial charge on any atom is 0.164 e. The summed E-state index contributed by atoms with van der Waals surface area (Å²) >= 11 is 1.42. The summed E-state index contributed by atoms with van der Waals surface area (Å²) in [7, 11) is 0. The van der Waals surface area contributed by atoms with Crippen molar-refractivity contribution in [1.29, 1.82) is 0 Å². The van der Waals surface area contributed by atoms with Crippen LogP contribution in [0.2, 0.25) is 0 Å². The van der Waals surface area contributed by atoms with Crippen molar-refractivity contribution in [2.45, 2.75) is 6.92 Å². The third-order valence-electron chi connectivity index (χ3n) is 9.12.